The predicted octanol–water partition coefficient (Wildman–Crippen LogP) is 5.15. The van der Waals surface area contributed by atoms with Crippen LogP contribution in [0.25, 0.3) is 11.1 Å². The van der Waals surface area contributed by atoms with Crippen molar-refractivity contribution in [1.29, 1.82) is 0 Å². The Balaban J connectivity index is 1.30. The highest BCUT2D eigenvalue weighted by Crippen LogP contribution is 2.32. The molecule has 2 saturated heterocycles. The van der Waals surface area contributed by atoms with E-state index in [0.717, 1.165) is 42.7 Å². The molecular weight excluding hydrogens is 514 g/mol. The molecule has 2 unspecified atom stereocenters. The van der Waals surface area contributed by atoms with Crippen molar-refractivity contribution in [1.82, 2.24) is 14.5 Å². The van der Waals surface area contributed by atoms with E-state index in [1.165, 1.54) is 35.3 Å². The smallest absolute Gasteiger partial charge is 0.249 e. The molecule has 1 N–H and O–H groups in total. The molecule has 0 radical (unpaired) electrons. The van der Waals surface area contributed by atoms with Crippen LogP contribution in [0.4, 0.5) is 0 Å². The number of hydrogen-bond acceptors (Lipinski definition) is 5. The molecule has 2 aliphatic rings. The molecule has 6 nitrogen and oxygen atoms in total. The lowest BCUT2D eigenvalue weighted by Crippen LogP contribution is -2.46. The first-order valence-corrected chi connectivity index (χ1v) is 15.9. The van der Waals surface area contributed by atoms with Gasteiger partial charge in [-0.3, -0.25) is 4.79 Å². The minimum absolute atomic E-state index is 0.165. The number of likely N-dealkylation sites (tertiary alicyclic amines) is 1. The number of piperidine rings is 1. The highest BCUT2D eigenvalue weighted by atomic mass is 32.2. The Kier molecular flexibility index (Phi) is 8.84. The molecule has 0 aliphatic carbocycles. The van der Waals surface area contributed by atoms with Crippen LogP contribution in [0.1, 0.15) is 37.3 Å². The summed E-state index contributed by atoms with van der Waals surface area (Å²) < 4.78 is 28.6. The van der Waals surface area contributed by atoms with Gasteiger partial charge in [0.2, 0.25) is 15.9 Å². The number of nitrogens with zero attached hydrogens (tertiary/aromatic N) is 2. The number of hydrogen-bond donors (Lipinski definition) is 1. The Bertz CT molecular complexity index is 1300. The molecule has 3 aromatic rings. The summed E-state index contributed by atoms with van der Waals surface area (Å²) in [6.07, 6.45) is 4.52. The summed E-state index contributed by atoms with van der Waals surface area (Å²) in [6.45, 7) is 3.43. The third-order valence-corrected chi connectivity index (χ3v) is 10.6. The lowest BCUT2D eigenvalue weighted by Gasteiger charge is -2.30. The normalized spacial score (nSPS) is 19.7. The summed E-state index contributed by atoms with van der Waals surface area (Å²) in [5.74, 6) is 0.341. The Hall–Kier alpha value is -2.65. The van der Waals surface area contributed by atoms with E-state index in [2.05, 4.69) is 10.2 Å². The van der Waals surface area contributed by atoms with Crippen molar-refractivity contribution in [3.8, 4) is 11.1 Å². The Morgan fingerprint density at radius 2 is 1.47 bits per heavy atom. The number of benzene rings is 3. The van der Waals surface area contributed by atoms with E-state index in [0.29, 0.717) is 12.3 Å². The average molecular weight is 550 g/mol. The van der Waals surface area contributed by atoms with E-state index in [9.17, 15) is 13.2 Å². The topological polar surface area (TPSA) is 69.7 Å². The molecule has 2 heterocycles. The Morgan fingerprint density at radius 1 is 0.842 bits per heavy atom. The van der Waals surface area contributed by atoms with E-state index < -0.39 is 15.4 Å². The number of carbonyl (C=O) groups excluding carboxylic acids is 1. The highest BCUT2D eigenvalue weighted by molar-refractivity contribution is 8.02. The summed E-state index contributed by atoms with van der Waals surface area (Å²) in [4.78, 5) is 16.2. The number of thioether (sulfide) groups is 1. The van der Waals surface area contributed by atoms with Gasteiger partial charge in [-0.15, -0.1) is 11.8 Å². The standard InChI is InChI=1S/C30H35N3O3S2/c34-29(31-28(26-12-6-2-7-13-26)18-21-32-19-8-3-9-20-32)30-33(22-23-37-30)38(35,36)27-16-14-25(15-17-27)24-10-4-1-5-11-24/h1-2,4-7,10-17,28,30H,3,8-9,18-23H2,(H,31,34). The number of sulfonamides is 1. The fourth-order valence-corrected chi connectivity index (χ4v) is 8.32. The quantitative estimate of drug-likeness (QED) is 0.400. The van der Waals surface area contributed by atoms with Gasteiger partial charge in [0.05, 0.1) is 10.9 Å². The van der Waals surface area contributed by atoms with Gasteiger partial charge >= 0.3 is 0 Å². The molecule has 0 aromatic heterocycles. The maximum absolute atomic E-state index is 13.6. The summed E-state index contributed by atoms with van der Waals surface area (Å²) >= 11 is 1.39. The van der Waals surface area contributed by atoms with Crippen LogP contribution in [0, 0.1) is 0 Å². The molecule has 2 atom stereocenters. The fraction of sp³-hybridized carbons (Fsp3) is 0.367. The van der Waals surface area contributed by atoms with Crippen molar-refractivity contribution < 1.29 is 13.2 Å². The van der Waals surface area contributed by atoms with Crippen LogP contribution in [0.3, 0.4) is 0 Å². The molecule has 5 rings (SSSR count). The summed E-state index contributed by atoms with van der Waals surface area (Å²) in [7, 11) is -3.82. The zero-order chi connectivity index (χ0) is 26.4. The lowest BCUT2D eigenvalue weighted by atomic mass is 10.0. The minimum atomic E-state index is -3.82. The predicted molar refractivity (Wildman–Crippen MR) is 154 cm³/mol. The second-order valence-electron chi connectivity index (χ2n) is 9.89. The van der Waals surface area contributed by atoms with E-state index in [1.807, 2.05) is 72.8 Å². The van der Waals surface area contributed by atoms with Gasteiger partial charge in [0.15, 0.2) is 0 Å². The van der Waals surface area contributed by atoms with Gasteiger partial charge in [0, 0.05) is 18.8 Å². The van der Waals surface area contributed by atoms with E-state index in [-0.39, 0.29) is 16.8 Å². The van der Waals surface area contributed by atoms with Crippen LogP contribution >= 0.6 is 11.8 Å². The van der Waals surface area contributed by atoms with Gasteiger partial charge in [-0.05, 0) is 61.2 Å². The van der Waals surface area contributed by atoms with Crippen LogP contribution in [-0.2, 0) is 14.8 Å². The van der Waals surface area contributed by atoms with Crippen molar-refractivity contribution in [3.05, 3.63) is 90.5 Å². The number of carbonyl (C=O) groups is 1. The zero-order valence-electron chi connectivity index (χ0n) is 21.5. The fourth-order valence-electron chi connectivity index (χ4n) is 5.24. The molecule has 0 spiro atoms. The van der Waals surface area contributed by atoms with Gasteiger partial charge in [-0.25, -0.2) is 8.42 Å². The first kappa shape index (κ1) is 26.9. The van der Waals surface area contributed by atoms with Crippen molar-refractivity contribution in [2.75, 3.05) is 31.9 Å². The molecule has 3 aromatic carbocycles. The molecule has 2 fully saturated rings. The molecular formula is C30H35N3O3S2. The van der Waals surface area contributed by atoms with E-state index in [4.69, 9.17) is 0 Å². The maximum Gasteiger partial charge on any atom is 0.249 e. The second-order valence-corrected chi connectivity index (χ2v) is 13.0. The molecule has 200 valence electrons. The molecule has 0 saturated carbocycles. The molecule has 0 bridgehead atoms. The van der Waals surface area contributed by atoms with Gasteiger partial charge < -0.3 is 10.2 Å². The maximum atomic E-state index is 13.6. The second kappa shape index (κ2) is 12.5. The van der Waals surface area contributed by atoms with Crippen molar-refractivity contribution in [2.24, 2.45) is 0 Å². The lowest BCUT2D eigenvalue weighted by molar-refractivity contribution is -0.123. The van der Waals surface area contributed by atoms with Gasteiger partial charge in [0.1, 0.15) is 5.37 Å². The van der Waals surface area contributed by atoms with Gasteiger partial charge in [0.25, 0.3) is 0 Å². The number of amides is 1. The molecule has 1 amide bonds. The van der Waals surface area contributed by atoms with Crippen LogP contribution in [0.2, 0.25) is 0 Å². The van der Waals surface area contributed by atoms with E-state index in [1.54, 1.807) is 12.1 Å². The van der Waals surface area contributed by atoms with Crippen LogP contribution in [-0.4, -0.2) is 60.8 Å². The van der Waals surface area contributed by atoms with Crippen LogP contribution in [0.15, 0.2) is 89.8 Å². The summed E-state index contributed by atoms with van der Waals surface area (Å²) in [5, 5.41) is 2.42. The molecule has 38 heavy (non-hydrogen) atoms. The highest BCUT2D eigenvalue weighted by Gasteiger charge is 2.40. The van der Waals surface area contributed by atoms with E-state index >= 15 is 0 Å². The number of nitrogens with one attached hydrogen (secondary N) is 1. The Morgan fingerprint density at radius 3 is 2.16 bits per heavy atom. The third kappa shape index (κ3) is 6.31. The zero-order valence-corrected chi connectivity index (χ0v) is 23.2. The van der Waals surface area contributed by atoms with Crippen molar-refractivity contribution in [3.63, 3.8) is 0 Å². The SMILES string of the molecule is O=C(NC(CCN1CCCCC1)c1ccccc1)C1SCCN1S(=O)(=O)c1ccc(-c2ccccc2)cc1. The summed E-state index contributed by atoms with van der Waals surface area (Å²) in [6, 6.07) is 26.6. The van der Waals surface area contributed by atoms with Gasteiger partial charge in [-0.2, -0.15) is 4.31 Å². The molecule has 8 heteroatoms. The Labute approximate surface area is 230 Å². The first-order valence-electron chi connectivity index (χ1n) is 13.4. The average Bonchev–Trinajstić information content (AvgIpc) is 3.48. The minimum Gasteiger partial charge on any atom is -0.347 e. The van der Waals surface area contributed by atoms with Gasteiger partial charge in [-0.1, -0.05) is 79.2 Å². The number of rotatable bonds is 9. The van der Waals surface area contributed by atoms with Crippen molar-refractivity contribution in [2.45, 2.75) is 42.0 Å². The molecule has 2 aliphatic heterocycles. The van der Waals surface area contributed by atoms with Crippen LogP contribution < -0.4 is 5.32 Å². The monoisotopic (exact) mass is 549 g/mol. The van der Waals surface area contributed by atoms with Crippen molar-refractivity contribution >= 4 is 27.7 Å². The third-order valence-electron chi connectivity index (χ3n) is 7.34. The summed E-state index contributed by atoms with van der Waals surface area (Å²) in [5.41, 5.74) is 3.03. The first-order chi connectivity index (χ1) is 18.5. The largest absolute Gasteiger partial charge is 0.347 e. The van der Waals surface area contributed by atoms with Crippen LogP contribution in [0.5, 0.6) is 0 Å².